The molecule has 0 unspecified atom stereocenters. The van der Waals surface area contributed by atoms with Crippen LogP contribution in [0.15, 0.2) is 91.1 Å². The zero-order valence-corrected chi connectivity index (χ0v) is 22.8. The molecule has 0 spiro atoms. The molecule has 0 radical (unpaired) electrons. The summed E-state index contributed by atoms with van der Waals surface area (Å²) in [6, 6.07) is 28.5. The van der Waals surface area contributed by atoms with Gasteiger partial charge in [-0.15, -0.1) is 0 Å². The summed E-state index contributed by atoms with van der Waals surface area (Å²) in [7, 11) is 0. The predicted octanol–water partition coefficient (Wildman–Crippen LogP) is 7.29. The quantitative estimate of drug-likeness (QED) is 0.273. The molecular formula is C33H33N5O. The van der Waals surface area contributed by atoms with Crippen molar-refractivity contribution in [1.82, 2.24) is 19.2 Å². The Morgan fingerprint density at radius 1 is 0.949 bits per heavy atom. The lowest BCUT2D eigenvalue weighted by molar-refractivity contribution is 0.194. The van der Waals surface area contributed by atoms with Crippen molar-refractivity contribution in [3.63, 3.8) is 0 Å². The topological polar surface area (TPSA) is 55.1 Å². The zero-order valence-electron chi connectivity index (χ0n) is 22.8. The second-order valence-corrected chi connectivity index (χ2v) is 10.3. The molecule has 3 aromatic carbocycles. The van der Waals surface area contributed by atoms with Gasteiger partial charge < -0.3 is 14.8 Å². The molecule has 1 N–H and O–H groups in total. The van der Waals surface area contributed by atoms with Gasteiger partial charge in [-0.1, -0.05) is 67.1 Å². The van der Waals surface area contributed by atoms with Gasteiger partial charge in [-0.05, 0) is 74.2 Å². The molecule has 6 heteroatoms. The van der Waals surface area contributed by atoms with Crippen molar-refractivity contribution < 1.29 is 4.79 Å². The van der Waals surface area contributed by atoms with E-state index in [1.165, 1.54) is 0 Å². The molecule has 0 saturated heterocycles. The molecule has 1 aliphatic heterocycles. The highest BCUT2D eigenvalue weighted by Gasteiger charge is 2.36. The van der Waals surface area contributed by atoms with E-state index in [4.69, 9.17) is 5.10 Å². The molecular weight excluding hydrogens is 482 g/mol. The van der Waals surface area contributed by atoms with Crippen LogP contribution in [0.1, 0.15) is 52.2 Å². The number of fused-ring (bicyclic) bond motifs is 3. The van der Waals surface area contributed by atoms with Gasteiger partial charge in [0.15, 0.2) is 0 Å². The van der Waals surface area contributed by atoms with E-state index in [2.05, 4.69) is 91.4 Å². The summed E-state index contributed by atoms with van der Waals surface area (Å²) in [6.45, 7) is 8.77. The van der Waals surface area contributed by atoms with E-state index in [1.54, 1.807) is 0 Å². The standard InChI is InChI=1S/C33H33N5O/c1-5-28-27-21-37(33(39)34-29-17-10-13-23(3)24(29)4)31(25-14-9-12-22(2)20-25)30-18-11-19-36(30)32(27)38(35-28)26-15-7-6-8-16-26/h6-20,31H,5,21H2,1-4H3,(H,34,39)/t31-/m0/s1. The number of nitrogens with zero attached hydrogens (tertiary/aromatic N) is 4. The number of aromatic nitrogens is 3. The summed E-state index contributed by atoms with van der Waals surface area (Å²) in [5, 5.41) is 8.30. The molecule has 6 rings (SSSR count). The summed E-state index contributed by atoms with van der Waals surface area (Å²) >= 11 is 0. The first-order valence-corrected chi connectivity index (χ1v) is 13.5. The molecule has 0 bridgehead atoms. The van der Waals surface area contributed by atoms with Crippen LogP contribution in [0.5, 0.6) is 0 Å². The first-order valence-electron chi connectivity index (χ1n) is 13.5. The molecule has 2 amide bonds. The van der Waals surface area contributed by atoms with Crippen LogP contribution in [0.2, 0.25) is 0 Å². The van der Waals surface area contributed by atoms with E-state index >= 15 is 0 Å². The predicted molar refractivity (Wildman–Crippen MR) is 156 cm³/mol. The van der Waals surface area contributed by atoms with E-state index in [0.717, 1.165) is 62.8 Å². The summed E-state index contributed by atoms with van der Waals surface area (Å²) in [5.41, 5.74) is 9.35. The average molecular weight is 516 g/mol. The molecule has 0 fully saturated rings. The number of urea groups is 1. The first kappa shape index (κ1) is 24.7. The fraction of sp³-hybridized carbons (Fsp3) is 0.212. The number of hydrogen-bond donors (Lipinski definition) is 1. The van der Waals surface area contributed by atoms with Crippen molar-refractivity contribution in [2.45, 2.75) is 46.7 Å². The number of anilines is 1. The summed E-state index contributed by atoms with van der Waals surface area (Å²) in [5.74, 6) is 0.984. The highest BCUT2D eigenvalue weighted by molar-refractivity contribution is 5.91. The van der Waals surface area contributed by atoms with Crippen LogP contribution in [0.4, 0.5) is 10.5 Å². The molecule has 0 saturated carbocycles. The van der Waals surface area contributed by atoms with Gasteiger partial charge in [0, 0.05) is 17.4 Å². The molecule has 1 atom stereocenters. The van der Waals surface area contributed by atoms with E-state index in [-0.39, 0.29) is 12.1 Å². The van der Waals surface area contributed by atoms with E-state index < -0.39 is 0 Å². The van der Waals surface area contributed by atoms with Gasteiger partial charge >= 0.3 is 6.03 Å². The Hall–Kier alpha value is -4.58. The van der Waals surface area contributed by atoms with Crippen LogP contribution in [0.25, 0.3) is 11.5 Å². The minimum atomic E-state index is -0.286. The molecule has 5 aromatic rings. The van der Waals surface area contributed by atoms with Crippen molar-refractivity contribution in [3.05, 3.63) is 130 Å². The van der Waals surface area contributed by atoms with Crippen LogP contribution in [0.3, 0.4) is 0 Å². The summed E-state index contributed by atoms with van der Waals surface area (Å²) < 4.78 is 4.24. The fourth-order valence-corrected chi connectivity index (χ4v) is 5.61. The van der Waals surface area contributed by atoms with Gasteiger partial charge in [-0.2, -0.15) is 5.10 Å². The Bertz CT molecular complexity index is 1660. The molecule has 6 nitrogen and oxygen atoms in total. The third-order valence-corrected chi connectivity index (χ3v) is 7.77. The molecule has 0 aliphatic carbocycles. The lowest BCUT2D eigenvalue weighted by Crippen LogP contribution is -2.38. The molecule has 39 heavy (non-hydrogen) atoms. The van der Waals surface area contributed by atoms with Gasteiger partial charge in [0.25, 0.3) is 0 Å². The number of nitrogens with one attached hydrogen (secondary N) is 1. The van der Waals surface area contributed by atoms with Gasteiger partial charge in [0.1, 0.15) is 5.82 Å². The van der Waals surface area contributed by atoms with Gasteiger partial charge in [-0.25, -0.2) is 9.48 Å². The van der Waals surface area contributed by atoms with Gasteiger partial charge in [0.2, 0.25) is 0 Å². The van der Waals surface area contributed by atoms with Crippen molar-refractivity contribution in [2.24, 2.45) is 0 Å². The van der Waals surface area contributed by atoms with Gasteiger partial charge in [0.05, 0.1) is 29.7 Å². The van der Waals surface area contributed by atoms with E-state index in [9.17, 15) is 4.79 Å². The smallest absolute Gasteiger partial charge is 0.308 e. The molecule has 1 aliphatic rings. The second kappa shape index (κ2) is 9.95. The number of hydrogen-bond acceptors (Lipinski definition) is 2. The maximum atomic E-state index is 14.2. The number of aryl methyl sites for hydroxylation is 3. The van der Waals surface area contributed by atoms with Crippen LogP contribution >= 0.6 is 0 Å². The maximum Gasteiger partial charge on any atom is 0.322 e. The molecule has 3 heterocycles. The number of carbonyl (C=O) groups excluding carboxylic acids is 1. The minimum Gasteiger partial charge on any atom is -0.308 e. The average Bonchev–Trinajstić information content (AvgIpc) is 3.52. The highest BCUT2D eigenvalue weighted by atomic mass is 16.2. The highest BCUT2D eigenvalue weighted by Crippen LogP contribution is 2.39. The number of rotatable bonds is 4. The third kappa shape index (κ3) is 4.32. The fourth-order valence-electron chi connectivity index (χ4n) is 5.61. The Balaban J connectivity index is 1.56. The first-order chi connectivity index (χ1) is 19.0. The summed E-state index contributed by atoms with van der Waals surface area (Å²) in [6.07, 6.45) is 2.85. The number of amides is 2. The van der Waals surface area contributed by atoms with Crippen molar-refractivity contribution >= 4 is 11.7 Å². The Labute approximate surface area is 229 Å². The van der Waals surface area contributed by atoms with Crippen molar-refractivity contribution in [1.29, 1.82) is 0 Å². The third-order valence-electron chi connectivity index (χ3n) is 7.77. The zero-order chi connectivity index (χ0) is 27.1. The Kier molecular flexibility index (Phi) is 6.31. The van der Waals surface area contributed by atoms with Gasteiger partial charge in [-0.3, -0.25) is 0 Å². The van der Waals surface area contributed by atoms with Crippen molar-refractivity contribution in [3.8, 4) is 11.5 Å². The lowest BCUT2D eigenvalue weighted by Gasteiger charge is -2.31. The SMILES string of the molecule is CCc1nn(-c2ccccc2)c2c1CN(C(=O)Nc1cccc(C)c1C)[C@@H](c1cccc(C)c1)c1cccn1-2. The number of carbonyl (C=O) groups is 1. The summed E-state index contributed by atoms with van der Waals surface area (Å²) in [4.78, 5) is 16.2. The molecule has 196 valence electrons. The largest absolute Gasteiger partial charge is 0.322 e. The van der Waals surface area contributed by atoms with Crippen LogP contribution in [-0.4, -0.2) is 25.3 Å². The number of para-hydroxylation sites is 1. The second-order valence-electron chi connectivity index (χ2n) is 10.3. The van der Waals surface area contributed by atoms with Crippen LogP contribution in [0, 0.1) is 20.8 Å². The van der Waals surface area contributed by atoms with E-state index in [1.807, 2.05) is 46.8 Å². The molecule has 2 aromatic heterocycles. The monoisotopic (exact) mass is 515 g/mol. The minimum absolute atomic E-state index is 0.134. The van der Waals surface area contributed by atoms with Crippen LogP contribution < -0.4 is 5.32 Å². The normalized spacial score (nSPS) is 14.5. The maximum absolute atomic E-state index is 14.2. The van der Waals surface area contributed by atoms with Crippen molar-refractivity contribution in [2.75, 3.05) is 5.32 Å². The number of benzene rings is 3. The van der Waals surface area contributed by atoms with Crippen LogP contribution in [-0.2, 0) is 13.0 Å². The Morgan fingerprint density at radius 3 is 2.51 bits per heavy atom. The Morgan fingerprint density at radius 2 is 1.74 bits per heavy atom. The lowest BCUT2D eigenvalue weighted by atomic mass is 10.00. The van der Waals surface area contributed by atoms with E-state index in [0.29, 0.717) is 6.54 Å².